The maximum atomic E-state index is 13.2. The van der Waals surface area contributed by atoms with E-state index in [1.807, 2.05) is 89.8 Å². The molecule has 5 rings (SSSR count). The fourth-order valence-corrected chi connectivity index (χ4v) is 5.70. The van der Waals surface area contributed by atoms with Crippen LogP contribution >= 0.6 is 0 Å². The summed E-state index contributed by atoms with van der Waals surface area (Å²) in [7, 11) is 4.37. The third-order valence-corrected chi connectivity index (χ3v) is 7.59. The van der Waals surface area contributed by atoms with E-state index in [1.54, 1.807) is 7.11 Å². The van der Waals surface area contributed by atoms with Crippen molar-refractivity contribution in [3.8, 4) is 5.75 Å². The van der Waals surface area contributed by atoms with Crippen LogP contribution in [-0.2, 0) is 43.6 Å². The van der Waals surface area contributed by atoms with Gasteiger partial charge in [-0.2, -0.15) is 0 Å². The minimum absolute atomic E-state index is 0.230. The van der Waals surface area contributed by atoms with Crippen LogP contribution in [0.2, 0.25) is 0 Å². The third-order valence-electron chi connectivity index (χ3n) is 7.59. The van der Waals surface area contributed by atoms with Crippen molar-refractivity contribution in [3.63, 3.8) is 0 Å². The van der Waals surface area contributed by atoms with Crippen molar-refractivity contribution < 1.29 is 28.5 Å². The van der Waals surface area contributed by atoms with Crippen LogP contribution in [0.4, 0.5) is 0 Å². The van der Waals surface area contributed by atoms with Crippen molar-refractivity contribution in [1.82, 2.24) is 9.88 Å². The van der Waals surface area contributed by atoms with Gasteiger partial charge in [0.1, 0.15) is 11.8 Å². The van der Waals surface area contributed by atoms with E-state index in [9.17, 15) is 9.59 Å². The number of methoxy groups -OCH3 is 3. The van der Waals surface area contributed by atoms with Gasteiger partial charge in [-0.25, -0.2) is 0 Å². The number of nitrogens with zero attached hydrogens (tertiary/aromatic N) is 2. The Morgan fingerprint density at radius 1 is 0.829 bits per heavy atom. The molecule has 0 aliphatic carbocycles. The second-order valence-corrected chi connectivity index (χ2v) is 10.0. The fourth-order valence-electron chi connectivity index (χ4n) is 5.70. The van der Waals surface area contributed by atoms with Crippen molar-refractivity contribution in [2.75, 3.05) is 21.3 Å². The van der Waals surface area contributed by atoms with Crippen LogP contribution in [0, 0.1) is 5.92 Å². The van der Waals surface area contributed by atoms with Gasteiger partial charge in [-0.3, -0.25) is 19.5 Å². The van der Waals surface area contributed by atoms with E-state index in [0.717, 1.165) is 21.9 Å². The van der Waals surface area contributed by atoms with E-state index < -0.39 is 29.9 Å². The first-order valence-corrected chi connectivity index (χ1v) is 13.6. The topological polar surface area (TPSA) is 87.2 Å². The highest BCUT2D eigenvalue weighted by molar-refractivity contribution is 5.91. The summed E-state index contributed by atoms with van der Waals surface area (Å²) in [5.74, 6) is -0.731. The first-order valence-electron chi connectivity index (χ1n) is 13.6. The summed E-state index contributed by atoms with van der Waals surface area (Å²) < 4.78 is 22.2. The first-order chi connectivity index (χ1) is 20.0. The predicted molar refractivity (Wildman–Crippen MR) is 154 cm³/mol. The van der Waals surface area contributed by atoms with Gasteiger partial charge >= 0.3 is 11.9 Å². The van der Waals surface area contributed by atoms with Crippen LogP contribution in [0.5, 0.6) is 5.75 Å². The highest BCUT2D eigenvalue weighted by Crippen LogP contribution is 2.44. The molecule has 2 heterocycles. The third kappa shape index (κ3) is 6.09. The van der Waals surface area contributed by atoms with Gasteiger partial charge in [0.05, 0.1) is 57.9 Å². The molecule has 1 aliphatic rings. The maximum Gasteiger partial charge on any atom is 0.323 e. The van der Waals surface area contributed by atoms with Crippen molar-refractivity contribution in [2.45, 2.75) is 38.3 Å². The van der Waals surface area contributed by atoms with E-state index in [-0.39, 0.29) is 13.0 Å². The summed E-state index contributed by atoms with van der Waals surface area (Å²) in [5, 5.41) is 1.75. The highest BCUT2D eigenvalue weighted by atomic mass is 16.5. The lowest BCUT2D eigenvalue weighted by Crippen LogP contribution is -2.38. The quantitative estimate of drug-likeness (QED) is 0.246. The zero-order valence-electron chi connectivity index (χ0n) is 23.5. The molecule has 8 nitrogen and oxygen atoms in total. The number of esters is 2. The molecule has 0 amide bonds. The van der Waals surface area contributed by atoms with E-state index in [2.05, 4.69) is 0 Å². The Hall–Kier alpha value is -4.27. The number of ether oxygens (including phenoxy) is 4. The largest absolute Gasteiger partial charge is 0.496 e. The second kappa shape index (κ2) is 12.9. The number of benzene rings is 3. The molecule has 0 bridgehead atoms. The Labute approximate surface area is 239 Å². The first kappa shape index (κ1) is 28.3. The Balaban J connectivity index is 1.60. The Bertz CT molecular complexity index is 1490. The smallest absolute Gasteiger partial charge is 0.323 e. The molecule has 0 saturated carbocycles. The fraction of sp³-hybridized carbons (Fsp3) is 0.303. The van der Waals surface area contributed by atoms with Crippen molar-refractivity contribution >= 4 is 22.7 Å². The summed E-state index contributed by atoms with van der Waals surface area (Å²) in [6.07, 6.45) is 0.258. The van der Waals surface area contributed by atoms with E-state index >= 15 is 0 Å². The maximum absolute atomic E-state index is 13.2. The average molecular weight is 555 g/mol. The number of carbonyl (C=O) groups excluding carboxylic acids is 2. The molecule has 1 aliphatic heterocycles. The lowest BCUT2D eigenvalue weighted by Gasteiger charge is -2.30. The molecule has 1 fully saturated rings. The summed E-state index contributed by atoms with van der Waals surface area (Å²) in [4.78, 5) is 33.3. The number of aromatic nitrogens is 1. The molecule has 0 spiro atoms. The molecule has 4 aromatic rings. The molecule has 1 saturated heterocycles. The van der Waals surface area contributed by atoms with Gasteiger partial charge in [0.15, 0.2) is 0 Å². The van der Waals surface area contributed by atoms with Gasteiger partial charge in [-0.1, -0.05) is 72.8 Å². The molecule has 0 radical (unpaired) electrons. The average Bonchev–Trinajstić information content (AvgIpc) is 3.39. The minimum atomic E-state index is -0.644. The molecule has 8 heteroatoms. The zero-order valence-corrected chi connectivity index (χ0v) is 23.5. The summed E-state index contributed by atoms with van der Waals surface area (Å²) >= 11 is 0. The molecule has 3 atom stereocenters. The van der Waals surface area contributed by atoms with Gasteiger partial charge in [-0.05, 0) is 35.1 Å². The Morgan fingerprint density at radius 3 is 2.17 bits per heavy atom. The SMILES string of the molecule is COC(=O)[C@H]1C[C@@H](C(=O)OC)[C@H](c2cc3cccc(OC)c3c(COCc3ccccc3)n2)N1Cc1ccccc1. The number of pyridine rings is 1. The molecule has 212 valence electrons. The summed E-state index contributed by atoms with van der Waals surface area (Å²) in [6.45, 7) is 1.08. The normalized spacial score (nSPS) is 18.8. The summed E-state index contributed by atoms with van der Waals surface area (Å²) in [5.41, 5.74) is 3.40. The number of carbonyl (C=O) groups is 2. The van der Waals surface area contributed by atoms with Crippen LogP contribution in [0.15, 0.2) is 84.9 Å². The molecule has 0 N–H and O–H groups in total. The van der Waals surface area contributed by atoms with Crippen LogP contribution in [0.3, 0.4) is 0 Å². The Morgan fingerprint density at radius 2 is 1.51 bits per heavy atom. The molecular formula is C33H34N2O6. The monoisotopic (exact) mass is 554 g/mol. The van der Waals surface area contributed by atoms with Crippen LogP contribution in [0.1, 0.15) is 35.0 Å². The van der Waals surface area contributed by atoms with Gasteiger partial charge in [0, 0.05) is 11.9 Å². The van der Waals surface area contributed by atoms with E-state index in [0.29, 0.717) is 30.3 Å². The summed E-state index contributed by atoms with van der Waals surface area (Å²) in [6, 6.07) is 26.4. The van der Waals surface area contributed by atoms with Crippen LogP contribution in [0.25, 0.3) is 10.8 Å². The lowest BCUT2D eigenvalue weighted by molar-refractivity contribution is -0.147. The zero-order chi connectivity index (χ0) is 28.8. The highest BCUT2D eigenvalue weighted by Gasteiger charge is 2.50. The lowest BCUT2D eigenvalue weighted by atomic mass is 9.94. The van der Waals surface area contributed by atoms with Crippen molar-refractivity contribution in [1.29, 1.82) is 0 Å². The Kier molecular flexibility index (Phi) is 8.91. The van der Waals surface area contributed by atoms with E-state index in [1.165, 1.54) is 14.2 Å². The van der Waals surface area contributed by atoms with Crippen LogP contribution < -0.4 is 4.74 Å². The number of fused-ring (bicyclic) bond motifs is 1. The number of likely N-dealkylation sites (tertiary alicyclic amines) is 1. The van der Waals surface area contributed by atoms with Crippen LogP contribution in [-0.4, -0.2) is 49.2 Å². The number of hydrogen-bond acceptors (Lipinski definition) is 8. The number of rotatable bonds is 10. The van der Waals surface area contributed by atoms with Crippen molar-refractivity contribution in [2.24, 2.45) is 5.92 Å². The van der Waals surface area contributed by atoms with Crippen molar-refractivity contribution in [3.05, 3.63) is 107 Å². The molecule has 1 aromatic heterocycles. The van der Waals surface area contributed by atoms with Gasteiger partial charge in [-0.15, -0.1) is 0 Å². The molecular weight excluding hydrogens is 520 g/mol. The molecule has 3 aromatic carbocycles. The van der Waals surface area contributed by atoms with Gasteiger partial charge in [0.25, 0.3) is 0 Å². The minimum Gasteiger partial charge on any atom is -0.496 e. The second-order valence-electron chi connectivity index (χ2n) is 10.0. The van der Waals surface area contributed by atoms with Gasteiger partial charge in [0.2, 0.25) is 0 Å². The van der Waals surface area contributed by atoms with E-state index in [4.69, 9.17) is 23.9 Å². The predicted octanol–water partition coefficient (Wildman–Crippen LogP) is 5.24. The molecule has 41 heavy (non-hydrogen) atoms. The number of hydrogen-bond donors (Lipinski definition) is 0. The molecule has 0 unspecified atom stereocenters. The van der Waals surface area contributed by atoms with Gasteiger partial charge < -0.3 is 18.9 Å². The standard InChI is InChI=1S/C33H34N2O6/c1-38-29-16-10-15-24-17-26(34-27(30(24)29)21-41-20-23-13-8-5-9-14-23)31-25(32(36)39-2)18-28(33(37)40-3)35(31)19-22-11-6-4-7-12-22/h4-17,25,28,31H,18-21H2,1-3H3/t25-,28-,31-/m1/s1.